The number of rotatable bonds is 4. The van der Waals surface area contributed by atoms with Crippen LogP contribution in [0.5, 0.6) is 5.75 Å². The predicted molar refractivity (Wildman–Crippen MR) is 69.8 cm³/mol. The molecule has 0 radical (unpaired) electrons. The molecule has 0 aromatic carbocycles. The van der Waals surface area contributed by atoms with Crippen LogP contribution in [0.15, 0.2) is 17.6 Å². The van der Waals surface area contributed by atoms with Gasteiger partial charge in [0, 0.05) is 6.54 Å². The molecule has 17 heavy (non-hydrogen) atoms. The van der Waals surface area contributed by atoms with Crippen molar-refractivity contribution in [2.24, 2.45) is 5.73 Å². The molecule has 2 heterocycles. The zero-order valence-electron chi connectivity index (χ0n) is 9.68. The van der Waals surface area contributed by atoms with Gasteiger partial charge < -0.3 is 10.5 Å². The van der Waals surface area contributed by atoms with Crippen LogP contribution in [0.1, 0.15) is 23.5 Å². The van der Waals surface area contributed by atoms with Gasteiger partial charge >= 0.3 is 0 Å². The summed E-state index contributed by atoms with van der Waals surface area (Å²) in [6.45, 7) is 2.74. The third kappa shape index (κ3) is 2.18. The average Bonchev–Trinajstić information content (AvgIpc) is 2.93. The molecule has 0 saturated heterocycles. The van der Waals surface area contributed by atoms with Crippen LogP contribution in [-0.2, 0) is 6.54 Å². The smallest absolute Gasteiger partial charge is 0.134 e. The minimum absolute atomic E-state index is 0.306. The summed E-state index contributed by atoms with van der Waals surface area (Å²) in [4.78, 5) is 0.963. The molecule has 0 aliphatic carbocycles. The van der Waals surface area contributed by atoms with Crippen LogP contribution in [0.3, 0.4) is 0 Å². The molecule has 0 aliphatic rings. The van der Waals surface area contributed by atoms with Gasteiger partial charge in [0.05, 0.1) is 34.9 Å². The zero-order valence-corrected chi connectivity index (χ0v) is 11.3. The molecule has 2 rings (SSSR count). The first-order chi connectivity index (χ1) is 8.19. The fourth-order valence-corrected chi connectivity index (χ4v) is 2.88. The Morgan fingerprint density at radius 2 is 2.41 bits per heavy atom. The van der Waals surface area contributed by atoms with Crippen molar-refractivity contribution in [1.82, 2.24) is 9.78 Å². The third-order valence-electron chi connectivity index (χ3n) is 2.59. The Morgan fingerprint density at radius 3 is 3.06 bits per heavy atom. The second-order valence-corrected chi connectivity index (χ2v) is 4.88. The standard InChI is InChI=1S/C11H14ClN3OS/c1-3-15-10(7(12)6-14-15)9(13)11-8(16-2)4-5-17-11/h4-6,9H,3,13H2,1-2H3. The minimum Gasteiger partial charge on any atom is -0.496 e. The molecule has 0 fully saturated rings. The highest BCUT2D eigenvalue weighted by molar-refractivity contribution is 7.10. The van der Waals surface area contributed by atoms with Gasteiger partial charge in [-0.05, 0) is 18.4 Å². The molecule has 6 heteroatoms. The molecule has 0 spiro atoms. The first-order valence-corrected chi connectivity index (χ1v) is 6.53. The highest BCUT2D eigenvalue weighted by Crippen LogP contribution is 2.35. The van der Waals surface area contributed by atoms with E-state index in [2.05, 4.69) is 5.10 Å². The highest BCUT2D eigenvalue weighted by Gasteiger charge is 2.22. The maximum Gasteiger partial charge on any atom is 0.134 e. The van der Waals surface area contributed by atoms with E-state index in [1.54, 1.807) is 24.6 Å². The molecular formula is C11H14ClN3OS. The summed E-state index contributed by atoms with van der Waals surface area (Å²) in [5, 5.41) is 6.73. The Hall–Kier alpha value is -1.04. The van der Waals surface area contributed by atoms with Crippen molar-refractivity contribution in [2.75, 3.05) is 7.11 Å². The van der Waals surface area contributed by atoms with Crippen molar-refractivity contribution < 1.29 is 4.74 Å². The number of ether oxygens (including phenoxy) is 1. The molecule has 4 nitrogen and oxygen atoms in total. The van der Waals surface area contributed by atoms with Crippen LogP contribution >= 0.6 is 22.9 Å². The van der Waals surface area contributed by atoms with Crippen molar-refractivity contribution in [2.45, 2.75) is 19.5 Å². The molecule has 0 bridgehead atoms. The molecule has 2 aromatic heterocycles. The lowest BCUT2D eigenvalue weighted by molar-refractivity contribution is 0.410. The molecular weight excluding hydrogens is 258 g/mol. The number of nitrogens with zero attached hydrogens (tertiary/aromatic N) is 2. The summed E-state index contributed by atoms with van der Waals surface area (Å²) in [6, 6.07) is 1.60. The fraction of sp³-hybridized carbons (Fsp3) is 0.364. The maximum absolute atomic E-state index is 6.24. The SMILES string of the molecule is CCn1ncc(Cl)c1C(N)c1sccc1OC. The number of thiophene rings is 1. The summed E-state index contributed by atoms with van der Waals surface area (Å²) in [5.41, 5.74) is 7.07. The van der Waals surface area contributed by atoms with Gasteiger partial charge in [0.2, 0.25) is 0 Å². The van der Waals surface area contributed by atoms with Gasteiger partial charge in [-0.15, -0.1) is 11.3 Å². The predicted octanol–water partition coefficient (Wildman–Crippen LogP) is 2.67. The average molecular weight is 272 g/mol. The Bertz CT molecular complexity index is 509. The quantitative estimate of drug-likeness (QED) is 0.930. The molecule has 1 unspecified atom stereocenters. The van der Waals surface area contributed by atoms with Gasteiger partial charge in [-0.25, -0.2) is 0 Å². The van der Waals surface area contributed by atoms with E-state index >= 15 is 0 Å². The van der Waals surface area contributed by atoms with E-state index in [1.165, 1.54) is 0 Å². The number of aryl methyl sites for hydroxylation is 1. The molecule has 92 valence electrons. The number of halogens is 1. The van der Waals surface area contributed by atoms with Crippen LogP contribution in [0.25, 0.3) is 0 Å². The van der Waals surface area contributed by atoms with Gasteiger partial charge in [-0.1, -0.05) is 11.6 Å². The number of nitrogens with two attached hydrogens (primary N) is 1. The Morgan fingerprint density at radius 1 is 1.65 bits per heavy atom. The van der Waals surface area contributed by atoms with E-state index < -0.39 is 0 Å². The Balaban J connectivity index is 2.43. The molecule has 0 amide bonds. The van der Waals surface area contributed by atoms with Crippen molar-refractivity contribution in [3.05, 3.63) is 33.2 Å². The second-order valence-electron chi connectivity index (χ2n) is 3.52. The van der Waals surface area contributed by atoms with Gasteiger partial charge in [-0.3, -0.25) is 4.68 Å². The van der Waals surface area contributed by atoms with Crippen LogP contribution in [0.2, 0.25) is 5.02 Å². The molecule has 1 atom stereocenters. The highest BCUT2D eigenvalue weighted by atomic mass is 35.5. The van der Waals surface area contributed by atoms with Crippen LogP contribution in [0.4, 0.5) is 0 Å². The largest absolute Gasteiger partial charge is 0.496 e. The number of aromatic nitrogens is 2. The summed E-state index contributed by atoms with van der Waals surface area (Å²) in [5.74, 6) is 0.794. The van der Waals surface area contributed by atoms with Crippen LogP contribution in [-0.4, -0.2) is 16.9 Å². The van der Waals surface area contributed by atoms with Crippen molar-refractivity contribution in [1.29, 1.82) is 0 Å². The Labute approximate surface area is 109 Å². The second kappa shape index (κ2) is 5.08. The number of hydrogen-bond acceptors (Lipinski definition) is 4. The summed E-state index contributed by atoms with van der Waals surface area (Å²) in [7, 11) is 1.64. The summed E-state index contributed by atoms with van der Waals surface area (Å²) in [6.07, 6.45) is 1.63. The summed E-state index contributed by atoms with van der Waals surface area (Å²) < 4.78 is 7.09. The molecule has 0 saturated carbocycles. The van der Waals surface area contributed by atoms with Gasteiger partial charge in [0.15, 0.2) is 0 Å². The topological polar surface area (TPSA) is 53.1 Å². The van der Waals surface area contributed by atoms with E-state index in [1.807, 2.05) is 23.1 Å². The van der Waals surface area contributed by atoms with E-state index in [0.29, 0.717) is 5.02 Å². The lowest BCUT2D eigenvalue weighted by atomic mass is 10.1. The Kier molecular flexibility index (Phi) is 3.71. The maximum atomic E-state index is 6.24. The van der Waals surface area contributed by atoms with Crippen molar-refractivity contribution in [3.63, 3.8) is 0 Å². The number of hydrogen-bond donors (Lipinski definition) is 1. The van der Waals surface area contributed by atoms with Crippen LogP contribution < -0.4 is 10.5 Å². The third-order valence-corrected chi connectivity index (χ3v) is 3.86. The normalized spacial score (nSPS) is 12.7. The molecule has 0 aliphatic heterocycles. The summed E-state index contributed by atoms with van der Waals surface area (Å²) >= 11 is 7.69. The fourth-order valence-electron chi connectivity index (χ4n) is 1.76. The van der Waals surface area contributed by atoms with Gasteiger partial charge in [0.1, 0.15) is 5.75 Å². The molecule has 2 N–H and O–H groups in total. The zero-order chi connectivity index (χ0) is 12.4. The van der Waals surface area contributed by atoms with E-state index in [9.17, 15) is 0 Å². The lowest BCUT2D eigenvalue weighted by Crippen LogP contribution is -2.17. The van der Waals surface area contributed by atoms with E-state index in [4.69, 9.17) is 22.1 Å². The first-order valence-electron chi connectivity index (χ1n) is 5.27. The first kappa shape index (κ1) is 12.4. The van der Waals surface area contributed by atoms with E-state index in [0.717, 1.165) is 22.9 Å². The lowest BCUT2D eigenvalue weighted by Gasteiger charge is -2.14. The van der Waals surface area contributed by atoms with Gasteiger partial charge in [0.25, 0.3) is 0 Å². The van der Waals surface area contributed by atoms with Crippen LogP contribution in [0, 0.1) is 0 Å². The van der Waals surface area contributed by atoms with Gasteiger partial charge in [-0.2, -0.15) is 5.10 Å². The molecule has 2 aromatic rings. The van der Waals surface area contributed by atoms with Crippen molar-refractivity contribution >= 4 is 22.9 Å². The van der Waals surface area contributed by atoms with Crippen molar-refractivity contribution in [3.8, 4) is 5.75 Å². The monoisotopic (exact) mass is 271 g/mol. The number of methoxy groups -OCH3 is 1. The minimum atomic E-state index is -0.306. The van der Waals surface area contributed by atoms with E-state index in [-0.39, 0.29) is 6.04 Å².